The normalized spacial score (nSPS) is 12.9. The van der Waals surface area contributed by atoms with E-state index in [9.17, 15) is 19.5 Å². The van der Waals surface area contributed by atoms with Crippen LogP contribution in [-0.2, 0) is 14.3 Å². The molecule has 0 heterocycles. The fraction of sp³-hybridized carbons (Fsp3) is 0.423. The van der Waals surface area contributed by atoms with Gasteiger partial charge in [0, 0.05) is 18.0 Å². The maximum absolute atomic E-state index is 13.6. The number of phenolic OH excluding ortho intramolecular Hbond substituents is 1. The molecule has 0 aliphatic rings. The Morgan fingerprint density at radius 3 is 2.29 bits per heavy atom. The number of nitrogens with one attached hydrogen (secondary N) is 2. The number of carbonyl (C=O) groups excluding carboxylic acids is 3. The number of aryl methyl sites for hydroxylation is 2. The average molecular weight is 502 g/mol. The fourth-order valence-corrected chi connectivity index (χ4v) is 3.78. The van der Waals surface area contributed by atoms with Gasteiger partial charge in [-0.25, -0.2) is 4.79 Å². The summed E-state index contributed by atoms with van der Waals surface area (Å²) in [5, 5.41) is 15.5. The fourth-order valence-electron chi connectivity index (χ4n) is 3.54. The van der Waals surface area contributed by atoms with Gasteiger partial charge in [0.05, 0.1) is 0 Å². The number of amides is 3. The predicted octanol–water partition coefficient (Wildman–Crippen LogP) is 4.36. The minimum absolute atomic E-state index is 0.00924. The molecule has 0 fully saturated rings. The summed E-state index contributed by atoms with van der Waals surface area (Å²) >= 11 is 4.25. The van der Waals surface area contributed by atoms with Gasteiger partial charge in [-0.2, -0.15) is 12.6 Å². The first-order valence-electron chi connectivity index (χ1n) is 11.4. The number of phenols is 1. The summed E-state index contributed by atoms with van der Waals surface area (Å²) in [5.74, 6) is -0.810. The van der Waals surface area contributed by atoms with Crippen molar-refractivity contribution in [1.82, 2.24) is 10.2 Å². The number of rotatable bonds is 8. The second kappa shape index (κ2) is 12.0. The zero-order chi connectivity index (χ0) is 26.3. The molecule has 2 aromatic rings. The Labute approximate surface area is 212 Å². The van der Waals surface area contributed by atoms with Crippen molar-refractivity contribution in [1.29, 1.82) is 0 Å². The van der Waals surface area contributed by atoms with Gasteiger partial charge in [-0.05, 0) is 76.4 Å². The van der Waals surface area contributed by atoms with Gasteiger partial charge in [0.15, 0.2) is 0 Å². The molecule has 0 aliphatic carbocycles. The standard InChI is InChI=1S/C26H35N3O5S/c1-7-29(24(32)20(15-35)28-25(33)34-26(4,5)6)22(18-12-13-21(30)17(3)14-18)23(31)27-19-11-9-8-10-16(19)2/h8-14,20,22,30,35H,7,15H2,1-6H3,(H,27,31)(H,28,33). The molecule has 190 valence electrons. The van der Waals surface area contributed by atoms with Crippen molar-refractivity contribution in [3.63, 3.8) is 0 Å². The molecule has 0 saturated carbocycles. The number of anilines is 1. The SMILES string of the molecule is CCN(C(=O)C(CS)NC(=O)OC(C)(C)C)C(C(=O)Nc1ccccc1C)c1ccc(O)c(C)c1. The average Bonchev–Trinajstić information content (AvgIpc) is 2.77. The second-order valence-corrected chi connectivity index (χ2v) is 9.62. The number of hydrogen-bond donors (Lipinski definition) is 4. The number of hydrogen-bond acceptors (Lipinski definition) is 6. The Morgan fingerprint density at radius 1 is 1.09 bits per heavy atom. The van der Waals surface area contributed by atoms with E-state index in [-0.39, 0.29) is 18.0 Å². The molecule has 2 unspecified atom stereocenters. The molecule has 2 aromatic carbocycles. The summed E-state index contributed by atoms with van der Waals surface area (Å²) in [6.07, 6.45) is -0.748. The van der Waals surface area contributed by atoms with Crippen molar-refractivity contribution in [2.24, 2.45) is 0 Å². The Morgan fingerprint density at radius 2 is 1.74 bits per heavy atom. The van der Waals surface area contributed by atoms with Crippen LogP contribution in [0.5, 0.6) is 5.75 Å². The summed E-state index contributed by atoms with van der Waals surface area (Å²) in [6.45, 7) is 10.7. The third-order valence-corrected chi connectivity index (χ3v) is 5.66. The lowest BCUT2D eigenvalue weighted by Gasteiger charge is -2.33. The van der Waals surface area contributed by atoms with E-state index < -0.39 is 35.6 Å². The van der Waals surface area contributed by atoms with Crippen LogP contribution < -0.4 is 10.6 Å². The first-order valence-corrected chi connectivity index (χ1v) is 12.1. The maximum atomic E-state index is 13.6. The van der Waals surface area contributed by atoms with Gasteiger partial charge in [-0.15, -0.1) is 0 Å². The van der Waals surface area contributed by atoms with E-state index >= 15 is 0 Å². The van der Waals surface area contributed by atoms with Crippen LogP contribution in [0.1, 0.15) is 50.4 Å². The molecule has 2 atom stereocenters. The quantitative estimate of drug-likeness (QED) is 0.402. The van der Waals surface area contributed by atoms with Crippen molar-refractivity contribution in [3.8, 4) is 5.75 Å². The summed E-state index contributed by atoms with van der Waals surface area (Å²) < 4.78 is 5.29. The Balaban J connectivity index is 2.43. The first-order chi connectivity index (χ1) is 16.4. The van der Waals surface area contributed by atoms with E-state index in [0.29, 0.717) is 16.8 Å². The lowest BCUT2D eigenvalue weighted by Crippen LogP contribution is -2.53. The van der Waals surface area contributed by atoms with Crippen LogP contribution in [0, 0.1) is 13.8 Å². The molecule has 0 spiro atoms. The minimum atomic E-state index is -1.02. The van der Waals surface area contributed by atoms with E-state index in [1.807, 2.05) is 25.1 Å². The van der Waals surface area contributed by atoms with Gasteiger partial charge in [0.25, 0.3) is 5.91 Å². The number of benzene rings is 2. The van der Waals surface area contributed by atoms with E-state index in [1.54, 1.807) is 52.8 Å². The molecule has 2 rings (SSSR count). The summed E-state index contributed by atoms with van der Waals surface area (Å²) in [7, 11) is 0. The number of ether oxygens (including phenoxy) is 1. The second-order valence-electron chi connectivity index (χ2n) is 9.26. The van der Waals surface area contributed by atoms with Crippen LogP contribution in [0.25, 0.3) is 0 Å². The van der Waals surface area contributed by atoms with Gasteiger partial charge in [-0.1, -0.05) is 24.3 Å². The van der Waals surface area contributed by atoms with E-state index in [4.69, 9.17) is 4.74 Å². The van der Waals surface area contributed by atoms with Crippen LogP contribution in [0.4, 0.5) is 10.5 Å². The van der Waals surface area contributed by atoms with Gasteiger partial charge in [0.2, 0.25) is 5.91 Å². The lowest BCUT2D eigenvalue weighted by molar-refractivity contribution is -0.140. The molecule has 0 aliphatic heterocycles. The zero-order valence-electron chi connectivity index (χ0n) is 21.1. The van der Waals surface area contributed by atoms with Crippen LogP contribution in [0.15, 0.2) is 42.5 Å². The van der Waals surface area contributed by atoms with Crippen molar-refractivity contribution < 1.29 is 24.2 Å². The molecule has 3 amide bonds. The Kier molecular flexibility index (Phi) is 9.59. The van der Waals surface area contributed by atoms with Crippen LogP contribution >= 0.6 is 12.6 Å². The number of carbonyl (C=O) groups is 3. The summed E-state index contributed by atoms with van der Waals surface area (Å²) in [6, 6.07) is 10.1. The number of nitrogens with zero attached hydrogens (tertiary/aromatic N) is 1. The highest BCUT2D eigenvalue weighted by atomic mass is 32.1. The monoisotopic (exact) mass is 501 g/mol. The van der Waals surface area contributed by atoms with E-state index in [2.05, 4.69) is 23.3 Å². The molecule has 35 heavy (non-hydrogen) atoms. The highest BCUT2D eigenvalue weighted by Crippen LogP contribution is 2.28. The summed E-state index contributed by atoms with van der Waals surface area (Å²) in [4.78, 5) is 40.9. The van der Waals surface area contributed by atoms with Crippen molar-refractivity contribution >= 4 is 36.2 Å². The smallest absolute Gasteiger partial charge is 0.408 e. The molecular formula is C26H35N3O5S. The van der Waals surface area contributed by atoms with Crippen LogP contribution in [0.2, 0.25) is 0 Å². The molecular weight excluding hydrogens is 466 g/mol. The van der Waals surface area contributed by atoms with Crippen LogP contribution in [0.3, 0.4) is 0 Å². The van der Waals surface area contributed by atoms with Gasteiger partial charge < -0.3 is 25.4 Å². The number of likely N-dealkylation sites (N-methyl/N-ethyl adjacent to an activating group) is 1. The van der Waals surface area contributed by atoms with Crippen molar-refractivity contribution in [2.75, 3.05) is 17.6 Å². The lowest BCUT2D eigenvalue weighted by atomic mass is 10.00. The number of thiol groups is 1. The topological polar surface area (TPSA) is 108 Å². The largest absolute Gasteiger partial charge is 0.508 e. The number of para-hydroxylation sites is 1. The maximum Gasteiger partial charge on any atom is 0.408 e. The Hall–Kier alpha value is -3.20. The van der Waals surface area contributed by atoms with Gasteiger partial charge >= 0.3 is 6.09 Å². The molecule has 9 heteroatoms. The van der Waals surface area contributed by atoms with E-state index in [1.165, 1.54) is 11.0 Å². The predicted molar refractivity (Wildman–Crippen MR) is 140 cm³/mol. The highest BCUT2D eigenvalue weighted by Gasteiger charge is 2.35. The number of alkyl carbamates (subject to hydrolysis) is 1. The summed E-state index contributed by atoms with van der Waals surface area (Å²) in [5.41, 5.74) is 1.85. The van der Waals surface area contributed by atoms with E-state index in [0.717, 1.165) is 5.56 Å². The van der Waals surface area contributed by atoms with Gasteiger partial charge in [-0.3, -0.25) is 9.59 Å². The Bertz CT molecular complexity index is 1070. The third kappa shape index (κ3) is 7.65. The van der Waals surface area contributed by atoms with Crippen molar-refractivity contribution in [2.45, 2.75) is 59.2 Å². The molecule has 0 bridgehead atoms. The first kappa shape index (κ1) is 28.0. The molecule has 0 radical (unpaired) electrons. The molecule has 0 saturated heterocycles. The van der Waals surface area contributed by atoms with Gasteiger partial charge in [0.1, 0.15) is 23.4 Å². The highest BCUT2D eigenvalue weighted by molar-refractivity contribution is 7.80. The third-order valence-electron chi connectivity index (χ3n) is 5.29. The zero-order valence-corrected chi connectivity index (χ0v) is 22.0. The molecule has 3 N–H and O–H groups in total. The molecule has 8 nitrogen and oxygen atoms in total. The van der Waals surface area contributed by atoms with Crippen molar-refractivity contribution in [3.05, 3.63) is 59.2 Å². The number of aromatic hydroxyl groups is 1. The van der Waals surface area contributed by atoms with Crippen LogP contribution in [-0.4, -0.2) is 51.9 Å². The molecule has 0 aromatic heterocycles. The minimum Gasteiger partial charge on any atom is -0.508 e.